The molecule has 0 unspecified atom stereocenters. The molecule has 0 saturated heterocycles. The molecular weight excluding hydrogens is 238 g/mol. The molecule has 1 amide bonds. The van der Waals surface area contributed by atoms with Crippen LogP contribution in [0.15, 0.2) is 18.2 Å². The van der Waals surface area contributed by atoms with Crippen molar-refractivity contribution in [3.63, 3.8) is 0 Å². The lowest BCUT2D eigenvalue weighted by atomic mass is 10.1. The van der Waals surface area contributed by atoms with E-state index in [0.717, 1.165) is 6.42 Å². The van der Waals surface area contributed by atoms with E-state index >= 15 is 0 Å². The van der Waals surface area contributed by atoms with Crippen LogP contribution >= 0.6 is 11.6 Å². The molecule has 1 rings (SSSR count). The minimum atomic E-state index is -0.279. The lowest BCUT2D eigenvalue weighted by Gasteiger charge is -2.19. The Bertz CT molecular complexity index is 451. The number of halogens is 1. The molecule has 0 aliphatic heterocycles. The molecule has 0 bridgehead atoms. The number of terminal acetylenes is 1. The van der Waals surface area contributed by atoms with Crippen molar-refractivity contribution in [1.29, 1.82) is 0 Å². The Labute approximate surface area is 106 Å². The average Bonchev–Trinajstić information content (AvgIpc) is 2.28. The molecule has 0 fully saturated rings. The van der Waals surface area contributed by atoms with Crippen LogP contribution in [0, 0.1) is 12.3 Å². The van der Waals surface area contributed by atoms with Gasteiger partial charge in [0.1, 0.15) is 5.75 Å². The fraction of sp³-hybridized carbons (Fsp3) is 0.308. The van der Waals surface area contributed by atoms with Gasteiger partial charge in [0.05, 0.1) is 12.1 Å². The van der Waals surface area contributed by atoms with Crippen molar-refractivity contribution >= 4 is 17.5 Å². The summed E-state index contributed by atoms with van der Waals surface area (Å²) in [6.45, 7) is 2.75. The molecule has 0 heterocycles. The quantitative estimate of drug-likeness (QED) is 0.836. The highest BCUT2D eigenvalue weighted by Crippen LogP contribution is 2.23. The van der Waals surface area contributed by atoms with E-state index in [0.29, 0.717) is 11.6 Å². The molecule has 0 radical (unpaired) electrons. The number of rotatable bonds is 4. The van der Waals surface area contributed by atoms with Crippen LogP contribution in [-0.4, -0.2) is 29.0 Å². The van der Waals surface area contributed by atoms with Gasteiger partial charge in [0.25, 0.3) is 5.91 Å². The van der Waals surface area contributed by atoms with Gasteiger partial charge in [0, 0.05) is 11.6 Å². The van der Waals surface area contributed by atoms with E-state index in [4.69, 9.17) is 18.0 Å². The van der Waals surface area contributed by atoms with Crippen LogP contribution in [0.5, 0.6) is 5.75 Å². The van der Waals surface area contributed by atoms with E-state index in [2.05, 4.69) is 5.92 Å². The summed E-state index contributed by atoms with van der Waals surface area (Å²) in [5.74, 6) is 2.03. The third-order valence-electron chi connectivity index (χ3n) is 2.25. The Balaban J connectivity index is 2.97. The number of amides is 1. The first-order valence-corrected chi connectivity index (χ1v) is 5.69. The van der Waals surface area contributed by atoms with Crippen molar-refractivity contribution in [3.8, 4) is 18.1 Å². The van der Waals surface area contributed by atoms with E-state index < -0.39 is 0 Å². The summed E-state index contributed by atoms with van der Waals surface area (Å²) in [7, 11) is 0. The van der Waals surface area contributed by atoms with E-state index in [1.54, 1.807) is 6.07 Å². The molecule has 1 N–H and O–H groups in total. The molecule has 1 aromatic carbocycles. The molecule has 0 spiro atoms. The van der Waals surface area contributed by atoms with Gasteiger partial charge in [-0.2, -0.15) is 0 Å². The van der Waals surface area contributed by atoms with Gasteiger partial charge in [-0.1, -0.05) is 24.4 Å². The molecular formula is C13H14ClNO2. The van der Waals surface area contributed by atoms with Crippen LogP contribution in [0.1, 0.15) is 23.7 Å². The van der Waals surface area contributed by atoms with E-state index in [1.165, 1.54) is 17.0 Å². The zero-order valence-corrected chi connectivity index (χ0v) is 10.4. The molecule has 3 nitrogen and oxygen atoms in total. The van der Waals surface area contributed by atoms with Crippen LogP contribution in [0.3, 0.4) is 0 Å². The van der Waals surface area contributed by atoms with Crippen molar-refractivity contribution in [1.82, 2.24) is 4.90 Å². The molecule has 17 heavy (non-hydrogen) atoms. The fourth-order valence-electron chi connectivity index (χ4n) is 1.49. The zero-order valence-electron chi connectivity index (χ0n) is 9.61. The van der Waals surface area contributed by atoms with Crippen molar-refractivity contribution in [3.05, 3.63) is 28.8 Å². The summed E-state index contributed by atoms with van der Waals surface area (Å²) in [5.41, 5.74) is 0.220. The normalized spacial score (nSPS) is 9.71. The van der Waals surface area contributed by atoms with E-state index in [9.17, 15) is 9.90 Å². The van der Waals surface area contributed by atoms with Gasteiger partial charge in [0.15, 0.2) is 0 Å². The topological polar surface area (TPSA) is 40.5 Å². The van der Waals surface area contributed by atoms with Crippen LogP contribution in [0.2, 0.25) is 5.02 Å². The minimum Gasteiger partial charge on any atom is -0.507 e. The smallest absolute Gasteiger partial charge is 0.258 e. The number of aromatic hydroxyl groups is 1. The van der Waals surface area contributed by atoms with Crippen molar-refractivity contribution in [2.24, 2.45) is 0 Å². The predicted molar refractivity (Wildman–Crippen MR) is 68.1 cm³/mol. The van der Waals surface area contributed by atoms with Gasteiger partial charge in [-0.15, -0.1) is 6.42 Å². The lowest BCUT2D eigenvalue weighted by Crippen LogP contribution is -2.32. The molecule has 1 aromatic rings. The van der Waals surface area contributed by atoms with Gasteiger partial charge in [-0.3, -0.25) is 4.79 Å². The Morgan fingerprint density at radius 1 is 1.59 bits per heavy atom. The number of carbonyl (C=O) groups excluding carboxylic acids is 1. The Kier molecular flexibility index (Phi) is 4.86. The first-order chi connectivity index (χ1) is 8.10. The standard InChI is InChI=1S/C13H14ClNO2/c1-3-7-15(8-4-2)13(17)11-6-5-10(14)9-12(11)16/h1,5-6,9,16H,4,7-8H2,2H3. The Morgan fingerprint density at radius 2 is 2.29 bits per heavy atom. The van der Waals surface area contributed by atoms with Crippen LogP contribution < -0.4 is 0 Å². The summed E-state index contributed by atoms with van der Waals surface area (Å²) in [6, 6.07) is 4.41. The van der Waals surface area contributed by atoms with Crippen molar-refractivity contribution < 1.29 is 9.90 Å². The molecule has 0 aliphatic carbocycles. The highest BCUT2D eigenvalue weighted by Gasteiger charge is 2.17. The maximum Gasteiger partial charge on any atom is 0.258 e. The maximum absolute atomic E-state index is 12.1. The van der Waals surface area contributed by atoms with Gasteiger partial charge in [-0.05, 0) is 24.6 Å². The van der Waals surface area contributed by atoms with Crippen LogP contribution in [-0.2, 0) is 0 Å². The summed E-state index contributed by atoms with van der Waals surface area (Å²) < 4.78 is 0. The van der Waals surface area contributed by atoms with E-state index in [1.807, 2.05) is 6.92 Å². The van der Waals surface area contributed by atoms with Crippen molar-refractivity contribution in [2.75, 3.05) is 13.1 Å². The summed E-state index contributed by atoms with van der Waals surface area (Å²) >= 11 is 5.71. The first-order valence-electron chi connectivity index (χ1n) is 5.31. The number of benzene rings is 1. The largest absolute Gasteiger partial charge is 0.507 e. The van der Waals surface area contributed by atoms with Crippen LogP contribution in [0.25, 0.3) is 0 Å². The number of nitrogens with zero attached hydrogens (tertiary/aromatic N) is 1. The first kappa shape index (κ1) is 13.4. The maximum atomic E-state index is 12.1. The van der Waals surface area contributed by atoms with Gasteiger partial charge < -0.3 is 10.0 Å². The summed E-state index contributed by atoms with van der Waals surface area (Å²) in [6.07, 6.45) is 6.02. The predicted octanol–water partition coefficient (Wildman–Crippen LogP) is 2.53. The second kappa shape index (κ2) is 6.17. The molecule has 0 atom stereocenters. The molecule has 90 valence electrons. The molecule has 0 aliphatic rings. The SMILES string of the molecule is C#CCN(CCC)C(=O)c1ccc(Cl)cc1O. The second-order valence-electron chi connectivity index (χ2n) is 3.59. The van der Waals surface area contributed by atoms with E-state index in [-0.39, 0.29) is 23.8 Å². The Morgan fingerprint density at radius 3 is 2.82 bits per heavy atom. The number of phenolic OH excluding ortho intramolecular Hbond substituents is 1. The number of hydrogen-bond acceptors (Lipinski definition) is 2. The number of hydrogen-bond donors (Lipinski definition) is 1. The second-order valence-corrected chi connectivity index (χ2v) is 4.03. The minimum absolute atomic E-state index is 0.124. The van der Waals surface area contributed by atoms with Crippen molar-refractivity contribution in [2.45, 2.75) is 13.3 Å². The van der Waals surface area contributed by atoms with Gasteiger partial charge in [-0.25, -0.2) is 0 Å². The lowest BCUT2D eigenvalue weighted by molar-refractivity contribution is 0.0774. The molecule has 4 heteroatoms. The average molecular weight is 252 g/mol. The third kappa shape index (κ3) is 3.40. The monoisotopic (exact) mass is 251 g/mol. The number of carbonyl (C=O) groups is 1. The van der Waals surface area contributed by atoms with Gasteiger partial charge in [0.2, 0.25) is 0 Å². The molecule has 0 aromatic heterocycles. The fourth-order valence-corrected chi connectivity index (χ4v) is 1.65. The highest BCUT2D eigenvalue weighted by molar-refractivity contribution is 6.30. The highest BCUT2D eigenvalue weighted by atomic mass is 35.5. The summed E-state index contributed by atoms with van der Waals surface area (Å²) in [5, 5.41) is 10.1. The van der Waals surface area contributed by atoms with Gasteiger partial charge >= 0.3 is 0 Å². The summed E-state index contributed by atoms with van der Waals surface area (Å²) in [4.78, 5) is 13.6. The third-order valence-corrected chi connectivity index (χ3v) is 2.49. The van der Waals surface area contributed by atoms with Crippen LogP contribution in [0.4, 0.5) is 0 Å². The molecule has 0 saturated carbocycles. The zero-order chi connectivity index (χ0) is 12.8. The Hall–Kier alpha value is -1.66. The number of phenols is 1.